The summed E-state index contributed by atoms with van der Waals surface area (Å²) in [5.74, 6) is 1.40. The van der Waals surface area contributed by atoms with Gasteiger partial charge in [0.2, 0.25) is 0 Å². The van der Waals surface area contributed by atoms with Crippen molar-refractivity contribution in [2.24, 2.45) is 0 Å². The Balaban J connectivity index is 1.80. The highest BCUT2D eigenvalue weighted by Crippen LogP contribution is 2.33. The van der Waals surface area contributed by atoms with Gasteiger partial charge in [0, 0.05) is 11.5 Å². The first-order valence-corrected chi connectivity index (χ1v) is 7.46. The first-order chi connectivity index (χ1) is 12.2. The summed E-state index contributed by atoms with van der Waals surface area (Å²) in [6, 6.07) is 10.5. The molecule has 0 amide bonds. The van der Waals surface area contributed by atoms with Crippen molar-refractivity contribution in [1.29, 1.82) is 5.26 Å². The van der Waals surface area contributed by atoms with Crippen LogP contribution < -0.4 is 10.5 Å². The quantitative estimate of drug-likeness (QED) is 0.614. The lowest BCUT2D eigenvalue weighted by Gasteiger charge is -2.01. The van der Waals surface area contributed by atoms with Crippen molar-refractivity contribution in [1.82, 2.24) is 14.4 Å². The number of halogens is 1. The molecule has 8 heteroatoms. The minimum Gasteiger partial charge on any atom is -0.491 e. The highest BCUT2D eigenvalue weighted by Gasteiger charge is 2.16. The second-order valence-corrected chi connectivity index (χ2v) is 5.31. The van der Waals surface area contributed by atoms with Gasteiger partial charge in [0.25, 0.3) is 0 Å². The summed E-state index contributed by atoms with van der Waals surface area (Å²) in [6.45, 7) is -0.547. The number of hydrogen-bond donors (Lipinski definition) is 1. The van der Waals surface area contributed by atoms with E-state index in [1.165, 1.54) is 6.33 Å². The molecule has 1 aromatic carbocycles. The smallest absolute Gasteiger partial charge is 0.157 e. The van der Waals surface area contributed by atoms with Crippen LogP contribution in [0.3, 0.4) is 0 Å². The molecular weight excluding hydrogens is 325 g/mol. The van der Waals surface area contributed by atoms with E-state index in [9.17, 15) is 4.39 Å². The standard InChI is InChI=1S/C17H12FN5O2/c18-3-4-24-12-1-2-13-10(5-12)6-14(25-13)16-17(20)23-9-21-11(8-19)7-15(23)22-16/h1-2,5-7,9H,3-4,20H2. The number of imidazole rings is 1. The lowest BCUT2D eigenvalue weighted by Crippen LogP contribution is -1.97. The fraction of sp³-hybridized carbons (Fsp3) is 0.118. The van der Waals surface area contributed by atoms with Gasteiger partial charge >= 0.3 is 0 Å². The molecule has 0 atom stereocenters. The normalized spacial score (nSPS) is 11.0. The van der Waals surface area contributed by atoms with E-state index >= 15 is 0 Å². The van der Waals surface area contributed by atoms with Crippen LogP contribution >= 0.6 is 0 Å². The number of nitrogens with two attached hydrogens (primary N) is 1. The third-order valence-corrected chi connectivity index (χ3v) is 3.74. The van der Waals surface area contributed by atoms with E-state index in [4.69, 9.17) is 20.1 Å². The Morgan fingerprint density at radius 2 is 2.20 bits per heavy atom. The Kier molecular flexibility index (Phi) is 3.47. The predicted molar refractivity (Wildman–Crippen MR) is 88.8 cm³/mol. The molecule has 0 unspecified atom stereocenters. The van der Waals surface area contributed by atoms with E-state index in [1.54, 1.807) is 34.7 Å². The lowest BCUT2D eigenvalue weighted by molar-refractivity contribution is 0.273. The number of hydrogen-bond acceptors (Lipinski definition) is 6. The summed E-state index contributed by atoms with van der Waals surface area (Å²) in [6.07, 6.45) is 1.45. The summed E-state index contributed by atoms with van der Waals surface area (Å²) in [4.78, 5) is 8.41. The molecule has 4 rings (SSSR count). The maximum Gasteiger partial charge on any atom is 0.157 e. The highest BCUT2D eigenvalue weighted by atomic mass is 19.1. The molecule has 0 aliphatic heterocycles. The molecule has 124 valence electrons. The van der Waals surface area contributed by atoms with Gasteiger partial charge in [0.1, 0.15) is 59.9 Å². The SMILES string of the molecule is N#Cc1cc2nc(-c3cc4cc(OCCF)ccc4o3)c(N)n2cn1. The van der Waals surface area contributed by atoms with E-state index in [-0.39, 0.29) is 12.3 Å². The highest BCUT2D eigenvalue weighted by molar-refractivity contribution is 5.85. The molecule has 3 aromatic heterocycles. The first-order valence-electron chi connectivity index (χ1n) is 7.46. The van der Waals surface area contributed by atoms with E-state index in [1.807, 2.05) is 6.07 Å². The van der Waals surface area contributed by atoms with Crippen molar-refractivity contribution in [2.45, 2.75) is 0 Å². The van der Waals surface area contributed by atoms with E-state index in [0.717, 1.165) is 5.39 Å². The van der Waals surface area contributed by atoms with Crippen LogP contribution in [0.2, 0.25) is 0 Å². The van der Waals surface area contributed by atoms with Crippen molar-refractivity contribution >= 4 is 22.4 Å². The number of nitrogen functional groups attached to an aromatic ring is 1. The third kappa shape index (κ3) is 2.52. The summed E-state index contributed by atoms with van der Waals surface area (Å²) >= 11 is 0. The molecular formula is C17H12FN5O2. The summed E-state index contributed by atoms with van der Waals surface area (Å²) in [7, 11) is 0. The zero-order chi connectivity index (χ0) is 17.4. The largest absolute Gasteiger partial charge is 0.491 e. The van der Waals surface area contributed by atoms with Crippen molar-refractivity contribution in [2.75, 3.05) is 19.0 Å². The molecule has 25 heavy (non-hydrogen) atoms. The average molecular weight is 337 g/mol. The van der Waals surface area contributed by atoms with Gasteiger partial charge in [-0.2, -0.15) is 5.26 Å². The van der Waals surface area contributed by atoms with Crippen LogP contribution in [-0.4, -0.2) is 27.7 Å². The van der Waals surface area contributed by atoms with Crippen LogP contribution in [0.25, 0.3) is 28.1 Å². The molecule has 2 N–H and O–H groups in total. The minimum atomic E-state index is -0.550. The number of nitriles is 1. The number of nitrogens with zero attached hydrogens (tertiary/aromatic N) is 4. The molecule has 0 aliphatic carbocycles. The molecule has 0 spiro atoms. The van der Waals surface area contributed by atoms with Crippen LogP contribution in [0.1, 0.15) is 5.69 Å². The Morgan fingerprint density at radius 1 is 1.32 bits per heavy atom. The zero-order valence-corrected chi connectivity index (χ0v) is 12.9. The Morgan fingerprint density at radius 3 is 3.00 bits per heavy atom. The average Bonchev–Trinajstić information content (AvgIpc) is 3.20. The Hall–Kier alpha value is -3.60. The zero-order valence-electron chi connectivity index (χ0n) is 12.9. The van der Waals surface area contributed by atoms with Crippen LogP contribution in [-0.2, 0) is 0 Å². The molecule has 0 saturated heterocycles. The Bertz CT molecular complexity index is 1130. The van der Waals surface area contributed by atoms with E-state index in [0.29, 0.717) is 34.3 Å². The maximum atomic E-state index is 12.2. The Labute approximate surface area is 141 Å². The third-order valence-electron chi connectivity index (χ3n) is 3.74. The van der Waals surface area contributed by atoms with Crippen LogP contribution in [0.4, 0.5) is 10.2 Å². The molecule has 7 nitrogen and oxygen atoms in total. The molecule has 3 heterocycles. The van der Waals surface area contributed by atoms with Gasteiger partial charge in [-0.1, -0.05) is 0 Å². The summed E-state index contributed by atoms with van der Waals surface area (Å²) in [5, 5.41) is 9.73. The lowest BCUT2D eigenvalue weighted by atomic mass is 10.2. The minimum absolute atomic E-state index is 0.00379. The fourth-order valence-electron chi connectivity index (χ4n) is 2.59. The van der Waals surface area contributed by atoms with Gasteiger partial charge in [-0.05, 0) is 24.3 Å². The van der Waals surface area contributed by atoms with E-state index < -0.39 is 6.67 Å². The van der Waals surface area contributed by atoms with Crippen molar-refractivity contribution in [3.63, 3.8) is 0 Å². The number of alkyl halides is 1. The predicted octanol–water partition coefficient (Wildman–Crippen LogP) is 2.94. The summed E-state index contributed by atoms with van der Waals surface area (Å²) in [5.41, 5.74) is 7.98. The van der Waals surface area contributed by atoms with Gasteiger partial charge in [-0.25, -0.2) is 14.4 Å². The molecule has 0 saturated carbocycles. The van der Waals surface area contributed by atoms with Gasteiger partial charge in [0.15, 0.2) is 5.76 Å². The second kappa shape index (κ2) is 5.79. The van der Waals surface area contributed by atoms with Gasteiger partial charge in [0.05, 0.1) is 0 Å². The number of rotatable bonds is 4. The topological polar surface area (TPSA) is 102 Å². The maximum absolute atomic E-state index is 12.2. The number of benzene rings is 1. The second-order valence-electron chi connectivity index (χ2n) is 5.31. The number of ether oxygens (including phenoxy) is 1. The van der Waals surface area contributed by atoms with E-state index in [2.05, 4.69) is 9.97 Å². The van der Waals surface area contributed by atoms with Crippen molar-refractivity contribution in [3.05, 3.63) is 42.4 Å². The van der Waals surface area contributed by atoms with Crippen LogP contribution in [0, 0.1) is 11.3 Å². The van der Waals surface area contributed by atoms with Crippen LogP contribution in [0.5, 0.6) is 5.75 Å². The van der Waals surface area contributed by atoms with Crippen molar-refractivity contribution in [3.8, 4) is 23.3 Å². The number of furan rings is 1. The molecule has 0 fully saturated rings. The number of fused-ring (bicyclic) bond motifs is 2. The van der Waals surface area contributed by atoms with Crippen LogP contribution in [0.15, 0.2) is 41.1 Å². The van der Waals surface area contributed by atoms with Gasteiger partial charge in [-0.15, -0.1) is 0 Å². The molecule has 4 aromatic rings. The first kappa shape index (κ1) is 15.0. The summed E-state index contributed by atoms with van der Waals surface area (Å²) < 4.78 is 24.9. The number of anilines is 1. The monoisotopic (exact) mass is 337 g/mol. The van der Waals surface area contributed by atoms with Crippen molar-refractivity contribution < 1.29 is 13.5 Å². The van der Waals surface area contributed by atoms with Gasteiger partial charge in [-0.3, -0.25) is 4.40 Å². The fourth-order valence-corrected chi connectivity index (χ4v) is 2.59. The molecule has 0 radical (unpaired) electrons. The molecule has 0 bridgehead atoms. The van der Waals surface area contributed by atoms with Gasteiger partial charge < -0.3 is 14.9 Å². The molecule has 0 aliphatic rings. The number of aromatic nitrogens is 3.